The second-order valence-electron chi connectivity index (χ2n) is 8.31. The molecule has 3 nitrogen and oxygen atoms in total. The van der Waals surface area contributed by atoms with Crippen molar-refractivity contribution in [2.24, 2.45) is 11.3 Å². The maximum Gasteiger partial charge on any atom is 0.228 e. The number of benzene rings is 2. The third-order valence-corrected chi connectivity index (χ3v) is 6.97. The lowest BCUT2D eigenvalue weighted by molar-refractivity contribution is -0.118. The summed E-state index contributed by atoms with van der Waals surface area (Å²) in [5.74, 6) is 0.882. The number of aromatic nitrogens is 1. The number of fused-ring (bicyclic) bond motifs is 1. The number of amides is 1. The van der Waals surface area contributed by atoms with Gasteiger partial charge in [-0.1, -0.05) is 29.8 Å². The third kappa shape index (κ3) is 3.18. The average molecular weight is 391 g/mol. The van der Waals surface area contributed by atoms with Gasteiger partial charge in [0.25, 0.3) is 0 Å². The zero-order chi connectivity index (χ0) is 19.1. The summed E-state index contributed by atoms with van der Waals surface area (Å²) in [6, 6.07) is 17.9. The molecule has 1 amide bonds. The van der Waals surface area contributed by atoms with Crippen LogP contribution in [0.4, 0.5) is 5.69 Å². The number of pyridine rings is 1. The van der Waals surface area contributed by atoms with Crippen LogP contribution in [0.3, 0.4) is 0 Å². The molecule has 1 aromatic heterocycles. The topological polar surface area (TPSA) is 42.0 Å². The Hall–Kier alpha value is -2.39. The largest absolute Gasteiger partial charge is 0.326 e. The lowest BCUT2D eigenvalue weighted by atomic mass is 9.75. The normalized spacial score (nSPS) is 26.3. The Balaban J connectivity index is 1.25. The predicted octanol–water partition coefficient (Wildman–Crippen LogP) is 6.19. The summed E-state index contributed by atoms with van der Waals surface area (Å²) < 4.78 is 0. The molecule has 2 fully saturated rings. The summed E-state index contributed by atoms with van der Waals surface area (Å²) >= 11 is 5.92. The number of hydrogen-bond acceptors (Lipinski definition) is 2. The quantitative estimate of drug-likeness (QED) is 0.579. The fraction of sp³-hybridized carbons (Fsp3) is 0.333. The maximum atomic E-state index is 12.7. The first kappa shape index (κ1) is 17.7. The van der Waals surface area contributed by atoms with E-state index in [-0.39, 0.29) is 17.2 Å². The predicted molar refractivity (Wildman–Crippen MR) is 114 cm³/mol. The maximum absolute atomic E-state index is 12.7. The molecule has 1 N–H and O–H groups in total. The fourth-order valence-corrected chi connectivity index (χ4v) is 5.14. The molecule has 28 heavy (non-hydrogen) atoms. The van der Waals surface area contributed by atoms with E-state index in [2.05, 4.69) is 34.6 Å². The molecule has 1 atom stereocenters. The van der Waals surface area contributed by atoms with E-state index in [0.29, 0.717) is 10.9 Å². The van der Waals surface area contributed by atoms with E-state index in [1.807, 2.05) is 36.5 Å². The minimum absolute atomic E-state index is 0.151. The van der Waals surface area contributed by atoms with Gasteiger partial charge in [0.1, 0.15) is 0 Å². The van der Waals surface area contributed by atoms with Gasteiger partial charge in [0.05, 0.1) is 5.52 Å². The molecule has 0 unspecified atom stereocenters. The molecule has 142 valence electrons. The highest BCUT2D eigenvalue weighted by Gasteiger charge is 2.58. The van der Waals surface area contributed by atoms with Gasteiger partial charge in [0, 0.05) is 28.2 Å². The van der Waals surface area contributed by atoms with Gasteiger partial charge in [-0.05, 0) is 85.4 Å². The van der Waals surface area contributed by atoms with Crippen LogP contribution < -0.4 is 5.32 Å². The second-order valence-corrected chi connectivity index (χ2v) is 8.74. The van der Waals surface area contributed by atoms with Crippen molar-refractivity contribution in [3.8, 4) is 0 Å². The van der Waals surface area contributed by atoms with Crippen molar-refractivity contribution in [2.45, 2.75) is 38.0 Å². The van der Waals surface area contributed by atoms with E-state index in [1.165, 1.54) is 10.9 Å². The van der Waals surface area contributed by atoms with Crippen LogP contribution in [-0.4, -0.2) is 10.9 Å². The molecule has 2 aromatic carbocycles. The fourth-order valence-electron chi connectivity index (χ4n) is 5.01. The Morgan fingerprint density at radius 3 is 2.57 bits per heavy atom. The third-order valence-electron chi connectivity index (χ3n) is 6.72. The van der Waals surface area contributed by atoms with Gasteiger partial charge in [-0.2, -0.15) is 0 Å². The summed E-state index contributed by atoms with van der Waals surface area (Å²) in [5, 5.41) is 5.02. The lowest BCUT2D eigenvalue weighted by Gasteiger charge is -2.30. The van der Waals surface area contributed by atoms with Gasteiger partial charge in [0.2, 0.25) is 5.91 Å². The molecule has 2 aliphatic carbocycles. The molecule has 2 aliphatic rings. The standard InChI is InChI=1S/C24H23ClN2O/c25-17-5-7-18(8-6-17)27-23(28)21-15-24(21)12-9-16(10-13-24)19-11-14-26-22-4-2-1-3-20(19)22/h1-8,11,14,16,21H,9-10,12-13,15H2,(H,27,28)/t16-,21-,24+/m0/s1. The Kier molecular flexibility index (Phi) is 4.36. The Morgan fingerprint density at radius 1 is 1.04 bits per heavy atom. The van der Waals surface area contributed by atoms with Crippen LogP contribution in [0.25, 0.3) is 10.9 Å². The van der Waals surface area contributed by atoms with Crippen LogP contribution in [-0.2, 0) is 4.79 Å². The molecule has 0 saturated heterocycles. The van der Waals surface area contributed by atoms with Crippen molar-refractivity contribution in [1.82, 2.24) is 4.98 Å². The SMILES string of the molecule is O=C(Nc1ccc(Cl)cc1)[C@@H]1C[C@]12CC[C@H](c1ccnc3ccccc31)CC2. The van der Waals surface area contributed by atoms with E-state index < -0.39 is 0 Å². The second kappa shape index (κ2) is 6.89. The number of rotatable bonds is 3. The first-order valence-corrected chi connectivity index (χ1v) is 10.4. The molecule has 0 bridgehead atoms. The van der Waals surface area contributed by atoms with Crippen LogP contribution >= 0.6 is 11.6 Å². The van der Waals surface area contributed by atoms with Crippen LogP contribution in [0.5, 0.6) is 0 Å². The molecule has 0 radical (unpaired) electrons. The Labute approximate surface area is 170 Å². The first-order chi connectivity index (χ1) is 13.6. The molecule has 5 rings (SSSR count). The van der Waals surface area contributed by atoms with Gasteiger partial charge < -0.3 is 5.32 Å². The smallest absolute Gasteiger partial charge is 0.228 e. The van der Waals surface area contributed by atoms with Gasteiger partial charge in [0.15, 0.2) is 0 Å². The number of nitrogens with one attached hydrogen (secondary N) is 1. The van der Waals surface area contributed by atoms with Crippen molar-refractivity contribution >= 4 is 34.1 Å². The molecular weight excluding hydrogens is 368 g/mol. The monoisotopic (exact) mass is 390 g/mol. The van der Waals surface area contributed by atoms with E-state index in [9.17, 15) is 4.79 Å². The van der Waals surface area contributed by atoms with E-state index in [0.717, 1.165) is 43.3 Å². The molecule has 1 heterocycles. The summed E-state index contributed by atoms with van der Waals surface area (Å²) in [5.41, 5.74) is 3.54. The van der Waals surface area contributed by atoms with Gasteiger partial charge in [-0.3, -0.25) is 9.78 Å². The van der Waals surface area contributed by atoms with Crippen molar-refractivity contribution in [3.05, 3.63) is 71.4 Å². The first-order valence-electron chi connectivity index (χ1n) is 10.0. The van der Waals surface area contributed by atoms with Crippen LogP contribution in [0.2, 0.25) is 5.02 Å². The minimum atomic E-state index is 0.151. The van der Waals surface area contributed by atoms with Gasteiger partial charge in [-0.15, -0.1) is 0 Å². The number of anilines is 1. The molecule has 3 aromatic rings. The number of nitrogens with zero attached hydrogens (tertiary/aromatic N) is 1. The zero-order valence-electron chi connectivity index (χ0n) is 15.7. The lowest BCUT2D eigenvalue weighted by Crippen LogP contribution is -2.22. The van der Waals surface area contributed by atoms with Crippen LogP contribution in [0, 0.1) is 11.3 Å². The number of carbonyl (C=O) groups is 1. The molecule has 1 spiro atoms. The average Bonchev–Trinajstić information content (AvgIpc) is 3.43. The number of para-hydroxylation sites is 1. The van der Waals surface area contributed by atoms with Crippen molar-refractivity contribution in [2.75, 3.05) is 5.32 Å². The highest BCUT2D eigenvalue weighted by Crippen LogP contribution is 2.63. The van der Waals surface area contributed by atoms with Crippen molar-refractivity contribution in [1.29, 1.82) is 0 Å². The molecule has 2 saturated carbocycles. The summed E-state index contributed by atoms with van der Waals surface area (Å²) in [6.45, 7) is 0. The highest BCUT2D eigenvalue weighted by atomic mass is 35.5. The zero-order valence-corrected chi connectivity index (χ0v) is 16.5. The highest BCUT2D eigenvalue weighted by molar-refractivity contribution is 6.30. The number of halogens is 1. The number of carbonyl (C=O) groups excluding carboxylic acids is 1. The van der Waals surface area contributed by atoms with Crippen molar-refractivity contribution in [3.63, 3.8) is 0 Å². The van der Waals surface area contributed by atoms with Crippen LogP contribution in [0.15, 0.2) is 60.8 Å². The van der Waals surface area contributed by atoms with E-state index in [1.54, 1.807) is 0 Å². The minimum Gasteiger partial charge on any atom is -0.326 e. The summed E-state index contributed by atoms with van der Waals surface area (Å²) in [4.78, 5) is 17.2. The Morgan fingerprint density at radius 2 is 1.79 bits per heavy atom. The molecule has 4 heteroatoms. The van der Waals surface area contributed by atoms with Gasteiger partial charge in [-0.25, -0.2) is 0 Å². The van der Waals surface area contributed by atoms with Crippen molar-refractivity contribution < 1.29 is 4.79 Å². The number of hydrogen-bond donors (Lipinski definition) is 1. The molecule has 0 aliphatic heterocycles. The summed E-state index contributed by atoms with van der Waals surface area (Å²) in [7, 11) is 0. The van der Waals surface area contributed by atoms with Gasteiger partial charge >= 0.3 is 0 Å². The molecular formula is C24H23ClN2O. The summed E-state index contributed by atoms with van der Waals surface area (Å²) in [6.07, 6.45) is 7.52. The van der Waals surface area contributed by atoms with E-state index in [4.69, 9.17) is 11.6 Å². The van der Waals surface area contributed by atoms with E-state index >= 15 is 0 Å². The Bertz CT molecular complexity index is 1020. The van der Waals surface area contributed by atoms with Crippen LogP contribution in [0.1, 0.15) is 43.6 Å².